The Hall–Kier alpha value is -3.84. The third kappa shape index (κ3) is 3.41. The average molecular weight is 428 g/mol. The van der Waals surface area contributed by atoms with Crippen LogP contribution < -0.4 is 4.90 Å². The molecule has 0 heterocycles. The summed E-state index contributed by atoms with van der Waals surface area (Å²) in [7, 11) is 0. The van der Waals surface area contributed by atoms with E-state index in [0.29, 0.717) is 0 Å². The van der Waals surface area contributed by atoms with Crippen molar-refractivity contribution in [2.24, 2.45) is 0 Å². The molecule has 0 aromatic heterocycles. The zero-order valence-corrected chi connectivity index (χ0v) is 19.5. The monoisotopic (exact) mass is 427 g/mol. The van der Waals surface area contributed by atoms with Crippen molar-refractivity contribution in [1.29, 1.82) is 0 Å². The summed E-state index contributed by atoms with van der Waals surface area (Å²) in [5, 5.41) is 0. The molecule has 0 N–H and O–H groups in total. The zero-order chi connectivity index (χ0) is 23.0. The molecule has 4 aromatic carbocycles. The van der Waals surface area contributed by atoms with Gasteiger partial charge in [-0.1, -0.05) is 105 Å². The van der Waals surface area contributed by atoms with E-state index in [4.69, 9.17) is 0 Å². The Bertz CT molecular complexity index is 1360. The lowest BCUT2D eigenvalue weighted by Gasteiger charge is -2.30. The van der Waals surface area contributed by atoms with E-state index in [1.165, 1.54) is 33.4 Å². The van der Waals surface area contributed by atoms with Crippen molar-refractivity contribution in [3.63, 3.8) is 0 Å². The standard InChI is InChI=1S/C32H29N/c1-5-24(6-2)33(31-19-13-11-16-26(31)23-14-8-7-9-15-23)25-20-21-28-27-17-10-12-18-29(27)32(3,4)30(28)22-25/h5-22H,1H2,2-4H3/b24-6+. The van der Waals surface area contributed by atoms with Gasteiger partial charge in [-0.15, -0.1) is 0 Å². The average Bonchev–Trinajstić information content (AvgIpc) is 3.09. The molecular formula is C32H29N. The summed E-state index contributed by atoms with van der Waals surface area (Å²) in [5.41, 5.74) is 11.1. The number of allylic oxidation sites excluding steroid dienone is 2. The summed E-state index contributed by atoms with van der Waals surface area (Å²) < 4.78 is 0. The highest BCUT2D eigenvalue weighted by Crippen LogP contribution is 2.50. The molecule has 33 heavy (non-hydrogen) atoms. The lowest BCUT2D eigenvalue weighted by atomic mass is 9.82. The van der Waals surface area contributed by atoms with Gasteiger partial charge in [0.1, 0.15) is 0 Å². The van der Waals surface area contributed by atoms with Gasteiger partial charge < -0.3 is 4.90 Å². The number of hydrogen-bond donors (Lipinski definition) is 0. The maximum Gasteiger partial charge on any atom is 0.0539 e. The van der Waals surface area contributed by atoms with Gasteiger partial charge in [-0.25, -0.2) is 0 Å². The van der Waals surface area contributed by atoms with Crippen LogP contribution in [0.5, 0.6) is 0 Å². The first kappa shape index (κ1) is 21.0. The maximum atomic E-state index is 4.13. The lowest BCUT2D eigenvalue weighted by molar-refractivity contribution is 0.660. The number of para-hydroxylation sites is 1. The van der Waals surface area contributed by atoms with Gasteiger partial charge in [0.25, 0.3) is 0 Å². The van der Waals surface area contributed by atoms with E-state index in [9.17, 15) is 0 Å². The Kier molecular flexibility index (Phi) is 5.26. The molecule has 0 radical (unpaired) electrons. The van der Waals surface area contributed by atoms with Crippen LogP contribution in [0.2, 0.25) is 0 Å². The van der Waals surface area contributed by atoms with Crippen LogP contribution in [0.4, 0.5) is 11.4 Å². The number of nitrogens with zero attached hydrogens (tertiary/aromatic N) is 1. The molecule has 1 aliphatic rings. The third-order valence-electron chi connectivity index (χ3n) is 6.82. The van der Waals surface area contributed by atoms with Crippen LogP contribution in [0, 0.1) is 0 Å². The SMILES string of the molecule is C=C/C(=C\C)N(c1ccc2c(c1)C(C)(C)c1ccccc1-2)c1ccccc1-c1ccccc1. The molecule has 0 saturated heterocycles. The molecule has 4 aromatic rings. The van der Waals surface area contributed by atoms with E-state index < -0.39 is 0 Å². The fraction of sp³-hybridized carbons (Fsp3) is 0.125. The molecule has 0 saturated carbocycles. The number of rotatable bonds is 5. The zero-order valence-electron chi connectivity index (χ0n) is 19.5. The summed E-state index contributed by atoms with van der Waals surface area (Å²) in [6.45, 7) is 10.9. The number of fused-ring (bicyclic) bond motifs is 3. The van der Waals surface area contributed by atoms with Gasteiger partial charge in [-0.05, 0) is 59.0 Å². The Morgan fingerprint density at radius 2 is 1.36 bits per heavy atom. The van der Waals surface area contributed by atoms with Crippen molar-refractivity contribution in [3.05, 3.63) is 133 Å². The van der Waals surface area contributed by atoms with Gasteiger partial charge in [0, 0.05) is 22.4 Å². The highest BCUT2D eigenvalue weighted by molar-refractivity contribution is 5.88. The van der Waals surface area contributed by atoms with Crippen LogP contribution in [0.25, 0.3) is 22.3 Å². The van der Waals surface area contributed by atoms with Crippen molar-refractivity contribution in [2.75, 3.05) is 4.90 Å². The van der Waals surface area contributed by atoms with Crippen LogP contribution in [0.15, 0.2) is 121 Å². The molecule has 0 spiro atoms. The van der Waals surface area contributed by atoms with Gasteiger partial charge in [0.2, 0.25) is 0 Å². The second kappa shape index (κ2) is 8.26. The van der Waals surface area contributed by atoms with Crippen molar-refractivity contribution < 1.29 is 0 Å². The molecule has 1 nitrogen and oxygen atoms in total. The van der Waals surface area contributed by atoms with E-state index >= 15 is 0 Å². The van der Waals surface area contributed by atoms with Crippen LogP contribution in [0.1, 0.15) is 31.9 Å². The summed E-state index contributed by atoms with van der Waals surface area (Å²) >= 11 is 0. The minimum atomic E-state index is -0.0448. The van der Waals surface area contributed by atoms with E-state index in [-0.39, 0.29) is 5.41 Å². The molecule has 0 bridgehead atoms. The fourth-order valence-electron chi connectivity index (χ4n) is 5.13. The smallest absolute Gasteiger partial charge is 0.0539 e. The fourth-order valence-corrected chi connectivity index (χ4v) is 5.13. The molecule has 0 amide bonds. The number of hydrogen-bond acceptors (Lipinski definition) is 1. The minimum Gasteiger partial charge on any atom is -0.310 e. The molecule has 5 rings (SSSR count). The van der Waals surface area contributed by atoms with Crippen LogP contribution in [0.3, 0.4) is 0 Å². The molecular weight excluding hydrogens is 398 g/mol. The molecule has 0 fully saturated rings. The first-order chi connectivity index (χ1) is 16.1. The number of benzene rings is 4. The summed E-state index contributed by atoms with van der Waals surface area (Å²) in [6, 6.07) is 34.9. The molecule has 1 heteroatoms. The quantitative estimate of drug-likeness (QED) is 0.287. The van der Waals surface area contributed by atoms with Gasteiger partial charge in [-0.3, -0.25) is 0 Å². The van der Waals surface area contributed by atoms with Gasteiger partial charge >= 0.3 is 0 Å². The Labute approximate surface area is 197 Å². The van der Waals surface area contributed by atoms with Gasteiger partial charge in [-0.2, -0.15) is 0 Å². The van der Waals surface area contributed by atoms with Crippen LogP contribution >= 0.6 is 0 Å². The van der Waals surface area contributed by atoms with Crippen molar-refractivity contribution in [1.82, 2.24) is 0 Å². The Morgan fingerprint density at radius 3 is 2.09 bits per heavy atom. The third-order valence-corrected chi connectivity index (χ3v) is 6.82. The minimum absolute atomic E-state index is 0.0448. The molecule has 162 valence electrons. The molecule has 0 aliphatic heterocycles. The van der Waals surface area contributed by atoms with Gasteiger partial charge in [0.15, 0.2) is 0 Å². The summed E-state index contributed by atoms with van der Waals surface area (Å²) in [4.78, 5) is 2.33. The maximum absolute atomic E-state index is 4.13. The van der Waals surface area contributed by atoms with E-state index in [0.717, 1.165) is 17.1 Å². The Morgan fingerprint density at radius 1 is 0.727 bits per heavy atom. The summed E-state index contributed by atoms with van der Waals surface area (Å²) in [5.74, 6) is 0. The second-order valence-electron chi connectivity index (χ2n) is 9.04. The summed E-state index contributed by atoms with van der Waals surface area (Å²) in [6.07, 6.45) is 4.07. The lowest BCUT2D eigenvalue weighted by Crippen LogP contribution is -2.18. The number of anilines is 2. The molecule has 0 unspecified atom stereocenters. The first-order valence-corrected chi connectivity index (χ1v) is 11.5. The molecule has 0 atom stereocenters. The normalized spacial score (nSPS) is 13.8. The van der Waals surface area contributed by atoms with Crippen molar-refractivity contribution in [3.8, 4) is 22.3 Å². The predicted molar refractivity (Wildman–Crippen MR) is 142 cm³/mol. The topological polar surface area (TPSA) is 3.24 Å². The van der Waals surface area contributed by atoms with Crippen LogP contribution in [-0.2, 0) is 5.41 Å². The molecule has 1 aliphatic carbocycles. The second-order valence-corrected chi connectivity index (χ2v) is 9.04. The largest absolute Gasteiger partial charge is 0.310 e. The predicted octanol–water partition coefficient (Wildman–Crippen LogP) is 8.89. The highest BCUT2D eigenvalue weighted by atomic mass is 15.1. The van der Waals surface area contributed by atoms with Crippen LogP contribution in [-0.4, -0.2) is 0 Å². The van der Waals surface area contributed by atoms with Crippen molar-refractivity contribution in [2.45, 2.75) is 26.2 Å². The van der Waals surface area contributed by atoms with E-state index in [1.807, 2.05) is 6.08 Å². The van der Waals surface area contributed by atoms with Gasteiger partial charge in [0.05, 0.1) is 5.69 Å². The highest BCUT2D eigenvalue weighted by Gasteiger charge is 2.35. The van der Waals surface area contributed by atoms with E-state index in [2.05, 4.69) is 135 Å². The first-order valence-electron chi connectivity index (χ1n) is 11.5. The van der Waals surface area contributed by atoms with E-state index in [1.54, 1.807) is 0 Å². The van der Waals surface area contributed by atoms with Crippen molar-refractivity contribution >= 4 is 11.4 Å². The Balaban J connectivity index is 1.72.